The first-order chi connectivity index (χ1) is 8.65. The fourth-order valence-corrected chi connectivity index (χ4v) is 1.63. The second kappa shape index (κ2) is 5.48. The molecule has 0 aromatic carbocycles. The van der Waals surface area contributed by atoms with Crippen molar-refractivity contribution in [1.82, 2.24) is 4.90 Å². The van der Waals surface area contributed by atoms with Crippen LogP contribution >= 0.6 is 0 Å². The molecule has 0 aromatic rings. The Kier molecular flexibility index (Phi) is 4.41. The molecule has 0 spiro atoms. The number of methoxy groups -OCH3 is 1. The molecule has 1 aliphatic heterocycles. The minimum absolute atomic E-state index is 0.0127. The van der Waals surface area contributed by atoms with Gasteiger partial charge in [-0.25, -0.2) is 9.59 Å². The topological polar surface area (TPSA) is 102 Å². The fourth-order valence-electron chi connectivity index (χ4n) is 1.63. The average molecular weight is 272 g/mol. The highest BCUT2D eigenvalue weighted by atomic mass is 16.6. The summed E-state index contributed by atoms with van der Waals surface area (Å²) in [6, 6.07) is 0. The third-order valence-electron chi connectivity index (χ3n) is 2.53. The van der Waals surface area contributed by atoms with E-state index in [0.29, 0.717) is 0 Å². The summed E-state index contributed by atoms with van der Waals surface area (Å²) in [5.41, 5.74) is 5.10. The number of esters is 1. The number of carbonyl (C=O) groups excluding carboxylic acids is 2. The number of amides is 1. The molecule has 1 heterocycles. The normalized spacial score (nSPS) is 20.3. The second-order valence-electron chi connectivity index (χ2n) is 5.30. The lowest BCUT2D eigenvalue weighted by atomic mass is 10.0. The van der Waals surface area contributed by atoms with Crippen molar-refractivity contribution in [1.29, 1.82) is 0 Å². The molecular weight excluding hydrogens is 252 g/mol. The molecule has 1 rings (SSSR count). The summed E-state index contributed by atoms with van der Waals surface area (Å²) in [7, 11) is 1.21. The lowest BCUT2D eigenvalue weighted by molar-refractivity contribution is -0.136. The average Bonchev–Trinajstić information content (AvgIpc) is 2.29. The summed E-state index contributed by atoms with van der Waals surface area (Å²) < 4.78 is 9.75. The molecule has 108 valence electrons. The molecule has 3 N–H and O–H groups in total. The van der Waals surface area contributed by atoms with E-state index in [1.807, 2.05) is 0 Å². The summed E-state index contributed by atoms with van der Waals surface area (Å²) in [5, 5.41) is 9.77. The molecule has 19 heavy (non-hydrogen) atoms. The Hall–Kier alpha value is -1.76. The number of ether oxygens (including phenoxy) is 2. The van der Waals surface area contributed by atoms with Crippen molar-refractivity contribution in [3.63, 3.8) is 0 Å². The minimum Gasteiger partial charge on any atom is -0.466 e. The lowest BCUT2D eigenvalue weighted by Crippen LogP contribution is -2.48. The van der Waals surface area contributed by atoms with Crippen LogP contribution in [0.3, 0.4) is 0 Å². The summed E-state index contributed by atoms with van der Waals surface area (Å²) >= 11 is 0. The van der Waals surface area contributed by atoms with Crippen LogP contribution < -0.4 is 5.73 Å². The first kappa shape index (κ1) is 15.3. The van der Waals surface area contributed by atoms with E-state index in [9.17, 15) is 14.7 Å². The summed E-state index contributed by atoms with van der Waals surface area (Å²) in [6.07, 6.45) is -1.71. The zero-order valence-electron chi connectivity index (χ0n) is 11.6. The number of carbonyl (C=O) groups is 2. The van der Waals surface area contributed by atoms with Gasteiger partial charge in [0.2, 0.25) is 0 Å². The quantitative estimate of drug-likeness (QED) is 0.651. The van der Waals surface area contributed by atoms with Crippen LogP contribution in [0.4, 0.5) is 4.79 Å². The number of hydrogen-bond acceptors (Lipinski definition) is 6. The largest absolute Gasteiger partial charge is 0.466 e. The van der Waals surface area contributed by atoms with Gasteiger partial charge in [-0.1, -0.05) is 0 Å². The van der Waals surface area contributed by atoms with Gasteiger partial charge in [0.05, 0.1) is 31.5 Å². The van der Waals surface area contributed by atoms with E-state index in [0.717, 1.165) is 0 Å². The van der Waals surface area contributed by atoms with E-state index >= 15 is 0 Å². The van der Waals surface area contributed by atoms with Crippen LogP contribution in [0, 0.1) is 0 Å². The third kappa shape index (κ3) is 3.85. The van der Waals surface area contributed by atoms with Crippen molar-refractivity contribution in [3.05, 3.63) is 11.3 Å². The predicted molar refractivity (Wildman–Crippen MR) is 67.0 cm³/mol. The van der Waals surface area contributed by atoms with Crippen LogP contribution in [0.15, 0.2) is 11.3 Å². The van der Waals surface area contributed by atoms with Gasteiger partial charge in [-0.2, -0.15) is 0 Å². The molecule has 0 bridgehead atoms. The first-order valence-electron chi connectivity index (χ1n) is 5.88. The van der Waals surface area contributed by atoms with E-state index in [1.54, 1.807) is 20.8 Å². The Morgan fingerprint density at radius 3 is 2.47 bits per heavy atom. The fraction of sp³-hybridized carbons (Fsp3) is 0.667. The van der Waals surface area contributed by atoms with E-state index in [1.165, 1.54) is 12.0 Å². The number of hydrogen-bond donors (Lipinski definition) is 2. The molecule has 7 nitrogen and oxygen atoms in total. The van der Waals surface area contributed by atoms with Crippen molar-refractivity contribution in [3.8, 4) is 0 Å². The third-order valence-corrected chi connectivity index (χ3v) is 2.53. The number of nitrogens with zero attached hydrogens (tertiary/aromatic N) is 1. The van der Waals surface area contributed by atoms with Crippen LogP contribution in [0.1, 0.15) is 20.8 Å². The van der Waals surface area contributed by atoms with Crippen molar-refractivity contribution < 1.29 is 24.2 Å². The summed E-state index contributed by atoms with van der Waals surface area (Å²) in [4.78, 5) is 24.6. The van der Waals surface area contributed by atoms with Crippen LogP contribution in [0.5, 0.6) is 0 Å². The molecule has 0 saturated heterocycles. The standard InChI is InChI=1S/C12H20N2O5/c1-12(2,3)19-11(17)14-5-7(10(16)18-4)9(13)8(15)6-14/h8,15H,5-6,13H2,1-4H3. The Morgan fingerprint density at radius 1 is 1.42 bits per heavy atom. The van der Waals surface area contributed by atoms with Crippen molar-refractivity contribution in [2.45, 2.75) is 32.5 Å². The van der Waals surface area contributed by atoms with Crippen molar-refractivity contribution in [2.75, 3.05) is 20.2 Å². The van der Waals surface area contributed by atoms with E-state index in [-0.39, 0.29) is 24.4 Å². The highest BCUT2D eigenvalue weighted by Crippen LogP contribution is 2.19. The number of aliphatic hydroxyl groups excluding tert-OH is 1. The molecule has 0 fully saturated rings. The number of rotatable bonds is 1. The first-order valence-corrected chi connectivity index (χ1v) is 5.88. The highest BCUT2D eigenvalue weighted by molar-refractivity contribution is 5.91. The second-order valence-corrected chi connectivity index (χ2v) is 5.30. The molecule has 1 unspecified atom stereocenters. The van der Waals surface area contributed by atoms with Crippen molar-refractivity contribution >= 4 is 12.1 Å². The van der Waals surface area contributed by atoms with Gasteiger partial charge in [-0.05, 0) is 20.8 Å². The van der Waals surface area contributed by atoms with Crippen molar-refractivity contribution in [2.24, 2.45) is 5.73 Å². The number of nitrogens with two attached hydrogens (primary N) is 1. The molecule has 0 saturated carbocycles. The monoisotopic (exact) mass is 272 g/mol. The Bertz CT molecular complexity index is 411. The van der Waals surface area contributed by atoms with Gasteiger partial charge in [0, 0.05) is 0 Å². The minimum atomic E-state index is -1.10. The van der Waals surface area contributed by atoms with E-state index in [4.69, 9.17) is 10.5 Å². The summed E-state index contributed by atoms with van der Waals surface area (Å²) in [6.45, 7) is 5.15. The molecule has 1 aliphatic rings. The highest BCUT2D eigenvalue weighted by Gasteiger charge is 2.33. The van der Waals surface area contributed by atoms with Gasteiger partial charge in [0.1, 0.15) is 11.7 Å². The van der Waals surface area contributed by atoms with Gasteiger partial charge in [-0.15, -0.1) is 0 Å². The van der Waals surface area contributed by atoms with Crippen LogP contribution in [0.2, 0.25) is 0 Å². The van der Waals surface area contributed by atoms with E-state index < -0.39 is 23.8 Å². The maximum atomic E-state index is 11.9. The Labute approximate surface area is 112 Å². The van der Waals surface area contributed by atoms with E-state index in [2.05, 4.69) is 4.74 Å². The maximum absolute atomic E-state index is 11.9. The molecule has 7 heteroatoms. The Balaban J connectivity index is 2.87. The SMILES string of the molecule is COC(=O)C1=C(N)C(O)CN(C(=O)OC(C)(C)C)C1. The van der Waals surface area contributed by atoms with Gasteiger partial charge < -0.3 is 25.2 Å². The molecule has 0 aliphatic carbocycles. The zero-order chi connectivity index (χ0) is 14.8. The van der Waals surface area contributed by atoms with Gasteiger partial charge in [0.25, 0.3) is 0 Å². The zero-order valence-corrected chi connectivity index (χ0v) is 11.6. The molecule has 1 atom stereocenters. The van der Waals surface area contributed by atoms with Gasteiger partial charge in [-0.3, -0.25) is 0 Å². The predicted octanol–water partition coefficient (Wildman–Crippen LogP) is -0.0162. The Morgan fingerprint density at radius 2 is 2.00 bits per heavy atom. The maximum Gasteiger partial charge on any atom is 0.410 e. The number of β-amino-alcohol motifs (C(OH)–C–C–N with tert-alkyl or cyclic N) is 1. The van der Waals surface area contributed by atoms with Crippen LogP contribution in [0.25, 0.3) is 0 Å². The molecule has 0 aromatic heterocycles. The smallest absolute Gasteiger partial charge is 0.410 e. The van der Waals surface area contributed by atoms with Crippen LogP contribution in [-0.4, -0.2) is 54.0 Å². The van der Waals surface area contributed by atoms with Gasteiger partial charge in [0.15, 0.2) is 0 Å². The number of aliphatic hydroxyl groups is 1. The summed E-state index contributed by atoms with van der Waals surface area (Å²) in [5.74, 6) is -0.662. The lowest BCUT2D eigenvalue weighted by Gasteiger charge is -2.33. The molecular formula is C12H20N2O5. The van der Waals surface area contributed by atoms with Crippen LogP contribution in [-0.2, 0) is 14.3 Å². The molecule has 1 amide bonds. The van der Waals surface area contributed by atoms with Gasteiger partial charge >= 0.3 is 12.1 Å². The molecule has 0 radical (unpaired) electrons.